The molecule has 0 spiro atoms. The van der Waals surface area contributed by atoms with E-state index in [4.69, 9.17) is 8.85 Å². The number of benzene rings is 1. The molecule has 1 aromatic rings. The van der Waals surface area contributed by atoms with Crippen molar-refractivity contribution in [3.05, 3.63) is 35.4 Å². The lowest BCUT2D eigenvalue weighted by atomic mass is 10.2. The zero-order chi connectivity index (χ0) is 9.68. The number of aryl methyl sites for hydroxylation is 1. The second kappa shape index (κ2) is 5.17. The smallest absolute Gasteiger partial charge is 0.325 e. The Bertz CT molecular complexity index is 242. The van der Waals surface area contributed by atoms with Crippen LogP contribution in [0.15, 0.2) is 24.3 Å². The minimum atomic E-state index is -1.43. The highest BCUT2D eigenvalue weighted by molar-refractivity contribution is 6.43. The van der Waals surface area contributed by atoms with Crippen LogP contribution in [0, 0.1) is 6.92 Å². The molecule has 0 saturated carbocycles. The van der Waals surface area contributed by atoms with Crippen LogP contribution in [0.3, 0.4) is 0 Å². The van der Waals surface area contributed by atoms with E-state index in [-0.39, 0.29) is 0 Å². The lowest BCUT2D eigenvalue weighted by molar-refractivity contribution is 0.277. The number of rotatable bonds is 4. The summed E-state index contributed by atoms with van der Waals surface area (Å²) in [6.45, 7) is 2.09. The van der Waals surface area contributed by atoms with Gasteiger partial charge < -0.3 is 8.85 Å². The fourth-order valence-corrected chi connectivity index (χ4v) is 2.36. The third kappa shape index (κ3) is 3.30. The topological polar surface area (TPSA) is 18.5 Å². The van der Waals surface area contributed by atoms with Crippen molar-refractivity contribution in [2.75, 3.05) is 14.2 Å². The molecule has 0 bridgehead atoms. The fraction of sp³-hybridized carbons (Fsp3) is 0.400. The van der Waals surface area contributed by atoms with Gasteiger partial charge in [-0.3, -0.25) is 0 Å². The van der Waals surface area contributed by atoms with Crippen LogP contribution >= 0.6 is 0 Å². The van der Waals surface area contributed by atoms with Crippen molar-refractivity contribution in [3.63, 3.8) is 0 Å². The minimum absolute atomic E-state index is 0.938. The lowest BCUT2D eigenvalue weighted by Gasteiger charge is -2.10. The van der Waals surface area contributed by atoms with Gasteiger partial charge in [-0.2, -0.15) is 0 Å². The van der Waals surface area contributed by atoms with Gasteiger partial charge in [-0.1, -0.05) is 29.8 Å². The highest BCUT2D eigenvalue weighted by Gasteiger charge is 2.09. The second-order valence-electron chi connectivity index (χ2n) is 3.09. The van der Waals surface area contributed by atoms with Crippen molar-refractivity contribution < 1.29 is 8.85 Å². The summed E-state index contributed by atoms with van der Waals surface area (Å²) in [5.41, 5.74) is 2.59. The molecule has 0 saturated heterocycles. The van der Waals surface area contributed by atoms with Crippen LogP contribution in [0.5, 0.6) is 0 Å². The van der Waals surface area contributed by atoms with Crippen molar-refractivity contribution in [1.29, 1.82) is 0 Å². The van der Waals surface area contributed by atoms with E-state index < -0.39 is 9.28 Å². The van der Waals surface area contributed by atoms with E-state index in [0.29, 0.717) is 0 Å². The summed E-state index contributed by atoms with van der Waals surface area (Å²) < 4.78 is 10.5. The zero-order valence-corrected chi connectivity index (χ0v) is 9.57. The Morgan fingerprint density at radius 2 is 1.62 bits per heavy atom. The maximum atomic E-state index is 5.25. The summed E-state index contributed by atoms with van der Waals surface area (Å²) in [5.74, 6) is 0. The van der Waals surface area contributed by atoms with Crippen LogP contribution in [0.4, 0.5) is 0 Å². The largest absolute Gasteiger partial charge is 0.400 e. The van der Waals surface area contributed by atoms with Crippen molar-refractivity contribution in [2.45, 2.75) is 13.0 Å². The summed E-state index contributed by atoms with van der Waals surface area (Å²) in [7, 11) is 2.00. The Morgan fingerprint density at radius 3 is 2.08 bits per heavy atom. The van der Waals surface area contributed by atoms with Gasteiger partial charge in [0, 0.05) is 20.3 Å². The molecule has 0 aliphatic rings. The van der Waals surface area contributed by atoms with Gasteiger partial charge in [-0.15, -0.1) is 0 Å². The Kier molecular flexibility index (Phi) is 4.15. The molecule has 0 atom stereocenters. The average Bonchev–Trinajstić information content (AvgIpc) is 2.17. The van der Waals surface area contributed by atoms with Crippen LogP contribution in [-0.2, 0) is 14.9 Å². The van der Waals surface area contributed by atoms with Crippen LogP contribution in [0.25, 0.3) is 0 Å². The van der Waals surface area contributed by atoms with Crippen molar-refractivity contribution in [2.24, 2.45) is 0 Å². The summed E-state index contributed by atoms with van der Waals surface area (Å²) in [4.78, 5) is 0. The molecule has 0 radical (unpaired) electrons. The Balaban J connectivity index is 2.58. The van der Waals surface area contributed by atoms with Crippen LogP contribution in [-0.4, -0.2) is 23.5 Å². The number of hydrogen-bond acceptors (Lipinski definition) is 2. The molecule has 1 rings (SSSR count). The summed E-state index contributed by atoms with van der Waals surface area (Å²) in [6.07, 6.45) is 0. The Morgan fingerprint density at radius 1 is 1.08 bits per heavy atom. The van der Waals surface area contributed by atoms with Gasteiger partial charge in [0.25, 0.3) is 0 Å². The van der Waals surface area contributed by atoms with Gasteiger partial charge >= 0.3 is 9.28 Å². The molecule has 0 aliphatic carbocycles. The van der Waals surface area contributed by atoms with E-state index >= 15 is 0 Å². The van der Waals surface area contributed by atoms with Gasteiger partial charge in [-0.05, 0) is 12.5 Å². The first-order valence-electron chi connectivity index (χ1n) is 4.37. The van der Waals surface area contributed by atoms with E-state index in [1.54, 1.807) is 14.2 Å². The van der Waals surface area contributed by atoms with Gasteiger partial charge in [0.1, 0.15) is 0 Å². The van der Waals surface area contributed by atoms with Gasteiger partial charge in [0.2, 0.25) is 0 Å². The molecule has 0 aliphatic heterocycles. The SMILES string of the molecule is CO[SiH](Cc1ccc(C)cc1)OC. The van der Waals surface area contributed by atoms with E-state index in [1.165, 1.54) is 11.1 Å². The Hall–Kier alpha value is -0.643. The molecule has 3 heteroatoms. The van der Waals surface area contributed by atoms with Crippen molar-refractivity contribution >= 4 is 9.28 Å². The van der Waals surface area contributed by atoms with E-state index in [0.717, 1.165) is 6.04 Å². The predicted molar refractivity (Wildman–Crippen MR) is 56.1 cm³/mol. The maximum Gasteiger partial charge on any atom is 0.325 e. The molecule has 72 valence electrons. The maximum absolute atomic E-state index is 5.25. The molecular formula is C10H16O2Si. The highest BCUT2D eigenvalue weighted by atomic mass is 28.3. The normalized spacial score (nSPS) is 10.8. The quantitative estimate of drug-likeness (QED) is 0.681. The van der Waals surface area contributed by atoms with Crippen LogP contribution < -0.4 is 0 Å². The summed E-state index contributed by atoms with van der Waals surface area (Å²) >= 11 is 0. The van der Waals surface area contributed by atoms with Crippen molar-refractivity contribution in [1.82, 2.24) is 0 Å². The molecule has 0 unspecified atom stereocenters. The fourth-order valence-electron chi connectivity index (χ4n) is 1.18. The van der Waals surface area contributed by atoms with Gasteiger partial charge in [0.15, 0.2) is 0 Å². The van der Waals surface area contributed by atoms with E-state index in [1.807, 2.05) is 0 Å². The third-order valence-corrected chi connectivity index (χ3v) is 3.91. The first-order valence-corrected chi connectivity index (χ1v) is 6.13. The predicted octanol–water partition coefficient (Wildman–Crippen LogP) is 1.59. The molecular weight excluding hydrogens is 180 g/mol. The van der Waals surface area contributed by atoms with E-state index in [9.17, 15) is 0 Å². The molecule has 0 aromatic heterocycles. The number of hydrogen-bond donors (Lipinski definition) is 0. The van der Waals surface area contributed by atoms with Crippen molar-refractivity contribution in [3.8, 4) is 0 Å². The first kappa shape index (κ1) is 10.4. The zero-order valence-electron chi connectivity index (χ0n) is 8.41. The average molecular weight is 196 g/mol. The van der Waals surface area contributed by atoms with Gasteiger partial charge in [-0.25, -0.2) is 0 Å². The molecule has 0 fully saturated rings. The Labute approximate surface area is 81.3 Å². The molecule has 13 heavy (non-hydrogen) atoms. The summed E-state index contributed by atoms with van der Waals surface area (Å²) in [6, 6.07) is 9.44. The molecule has 0 heterocycles. The second-order valence-corrected chi connectivity index (χ2v) is 5.30. The molecule has 2 nitrogen and oxygen atoms in total. The van der Waals surface area contributed by atoms with E-state index in [2.05, 4.69) is 31.2 Å². The molecule has 1 aromatic carbocycles. The third-order valence-electron chi connectivity index (χ3n) is 2.05. The van der Waals surface area contributed by atoms with Crippen LogP contribution in [0.2, 0.25) is 0 Å². The minimum Gasteiger partial charge on any atom is -0.400 e. The monoisotopic (exact) mass is 196 g/mol. The summed E-state index contributed by atoms with van der Waals surface area (Å²) in [5, 5.41) is 0. The van der Waals surface area contributed by atoms with Gasteiger partial charge in [0.05, 0.1) is 0 Å². The standard InChI is InChI=1S/C10H16O2Si/c1-9-4-6-10(7-5-9)8-13(11-2)12-3/h4-7,13H,8H2,1-3H3. The first-order chi connectivity index (χ1) is 6.26. The highest BCUT2D eigenvalue weighted by Crippen LogP contribution is 2.05. The molecule has 0 N–H and O–H groups in total. The molecule has 0 amide bonds. The lowest BCUT2D eigenvalue weighted by Crippen LogP contribution is -2.22. The van der Waals surface area contributed by atoms with Crippen LogP contribution in [0.1, 0.15) is 11.1 Å².